The third kappa shape index (κ3) is 1.93. The van der Waals surface area contributed by atoms with Crippen molar-refractivity contribution >= 4 is 10.8 Å². The molecule has 3 rings (SSSR count). The molecule has 0 atom stereocenters. The second-order valence-corrected chi connectivity index (χ2v) is 4.30. The maximum Gasteiger partial charge on any atom is 0.272 e. The number of hydrogen-bond acceptors (Lipinski definition) is 3. The van der Waals surface area contributed by atoms with E-state index in [9.17, 15) is 9.18 Å². The summed E-state index contributed by atoms with van der Waals surface area (Å²) >= 11 is 0. The smallest absolute Gasteiger partial charge is 0.272 e. The van der Waals surface area contributed by atoms with Crippen LogP contribution in [0.2, 0.25) is 0 Å². The number of aromatic amines is 1. The maximum absolute atomic E-state index is 13.8. The van der Waals surface area contributed by atoms with Crippen LogP contribution >= 0.6 is 0 Å². The van der Waals surface area contributed by atoms with Crippen LogP contribution in [-0.4, -0.2) is 17.3 Å². The average Bonchev–Trinajstić information content (AvgIpc) is 2.48. The van der Waals surface area contributed by atoms with Crippen LogP contribution in [0.4, 0.5) is 4.39 Å². The van der Waals surface area contributed by atoms with E-state index in [0.717, 1.165) is 0 Å². The lowest BCUT2D eigenvalue weighted by molar-refractivity contribution is 0.386. The lowest BCUT2D eigenvalue weighted by Crippen LogP contribution is -2.09. The minimum absolute atomic E-state index is 0.169. The Morgan fingerprint density at radius 3 is 2.60 bits per heavy atom. The molecule has 0 saturated heterocycles. The number of hydrogen-bond donors (Lipinski definition) is 1. The number of rotatable bonds is 2. The Balaban J connectivity index is 2.27. The molecule has 2 aromatic carbocycles. The van der Waals surface area contributed by atoms with E-state index in [4.69, 9.17) is 4.74 Å². The molecule has 0 aliphatic carbocycles. The molecule has 0 bridgehead atoms. The van der Waals surface area contributed by atoms with Crippen molar-refractivity contribution in [2.24, 2.45) is 0 Å². The summed E-state index contributed by atoms with van der Waals surface area (Å²) in [6, 6.07) is 11.7. The van der Waals surface area contributed by atoms with E-state index in [2.05, 4.69) is 10.2 Å². The molecule has 1 N–H and O–H groups in total. The van der Waals surface area contributed by atoms with Crippen molar-refractivity contribution < 1.29 is 9.13 Å². The van der Waals surface area contributed by atoms with Crippen LogP contribution in [-0.2, 0) is 0 Å². The van der Waals surface area contributed by atoms with E-state index in [0.29, 0.717) is 22.0 Å². The summed E-state index contributed by atoms with van der Waals surface area (Å²) in [7, 11) is 1.41. The zero-order valence-corrected chi connectivity index (χ0v) is 10.7. The number of halogens is 1. The summed E-state index contributed by atoms with van der Waals surface area (Å²) in [5, 5.41) is 7.66. The van der Waals surface area contributed by atoms with Gasteiger partial charge in [0.15, 0.2) is 11.6 Å². The minimum atomic E-state index is -0.470. The van der Waals surface area contributed by atoms with Crippen molar-refractivity contribution in [3.63, 3.8) is 0 Å². The van der Waals surface area contributed by atoms with Gasteiger partial charge in [-0.25, -0.2) is 9.49 Å². The van der Waals surface area contributed by atoms with Gasteiger partial charge in [-0.2, -0.15) is 5.10 Å². The number of H-pyrrole nitrogens is 1. The molecule has 0 unspecified atom stereocenters. The van der Waals surface area contributed by atoms with Gasteiger partial charge in [0.05, 0.1) is 18.2 Å². The SMILES string of the molecule is COc1ccc(-c2n[nH]c(=O)c3ccccc23)cc1F. The normalized spacial score (nSPS) is 10.7. The molecule has 0 radical (unpaired) electrons. The van der Waals surface area contributed by atoms with E-state index in [1.807, 2.05) is 6.07 Å². The van der Waals surface area contributed by atoms with Crippen LogP contribution in [0, 0.1) is 5.82 Å². The summed E-state index contributed by atoms with van der Waals surface area (Å²) in [4.78, 5) is 11.7. The number of fused-ring (bicyclic) bond motifs is 1. The fourth-order valence-corrected chi connectivity index (χ4v) is 2.15. The maximum atomic E-state index is 13.8. The standard InChI is InChI=1S/C15H11FN2O2/c1-20-13-7-6-9(8-12(13)16)14-10-4-2-3-5-11(10)15(19)18-17-14/h2-8H,1H3,(H,18,19). The molecule has 5 heteroatoms. The molecule has 1 heterocycles. The van der Waals surface area contributed by atoms with E-state index < -0.39 is 5.82 Å². The highest BCUT2D eigenvalue weighted by Crippen LogP contribution is 2.27. The van der Waals surface area contributed by atoms with Crippen molar-refractivity contribution in [3.8, 4) is 17.0 Å². The Kier molecular flexibility index (Phi) is 2.95. The largest absolute Gasteiger partial charge is 0.494 e. The van der Waals surface area contributed by atoms with Gasteiger partial charge in [-0.1, -0.05) is 18.2 Å². The molecule has 20 heavy (non-hydrogen) atoms. The number of ether oxygens (including phenoxy) is 1. The number of benzene rings is 2. The Morgan fingerprint density at radius 1 is 1.15 bits per heavy atom. The minimum Gasteiger partial charge on any atom is -0.494 e. The highest BCUT2D eigenvalue weighted by atomic mass is 19.1. The lowest BCUT2D eigenvalue weighted by atomic mass is 10.0. The quantitative estimate of drug-likeness (QED) is 0.779. The molecule has 0 saturated carbocycles. The van der Waals surface area contributed by atoms with Gasteiger partial charge < -0.3 is 4.74 Å². The fourth-order valence-electron chi connectivity index (χ4n) is 2.15. The first-order valence-electron chi connectivity index (χ1n) is 6.02. The van der Waals surface area contributed by atoms with E-state index in [-0.39, 0.29) is 11.3 Å². The monoisotopic (exact) mass is 270 g/mol. The molecular weight excluding hydrogens is 259 g/mol. The third-order valence-corrected chi connectivity index (χ3v) is 3.12. The Labute approximate surface area is 113 Å². The first-order chi connectivity index (χ1) is 9.70. The summed E-state index contributed by atoms with van der Waals surface area (Å²) < 4.78 is 18.7. The van der Waals surface area contributed by atoms with E-state index >= 15 is 0 Å². The Hall–Kier alpha value is -2.69. The fraction of sp³-hybridized carbons (Fsp3) is 0.0667. The van der Waals surface area contributed by atoms with Gasteiger partial charge in [0.1, 0.15) is 0 Å². The topological polar surface area (TPSA) is 55.0 Å². The molecule has 4 nitrogen and oxygen atoms in total. The van der Waals surface area contributed by atoms with E-state index in [1.54, 1.807) is 24.3 Å². The van der Waals surface area contributed by atoms with Crippen LogP contribution in [0.1, 0.15) is 0 Å². The van der Waals surface area contributed by atoms with Crippen LogP contribution in [0.3, 0.4) is 0 Å². The predicted octanol–water partition coefficient (Wildman–Crippen LogP) is 2.74. The van der Waals surface area contributed by atoms with Gasteiger partial charge in [0, 0.05) is 10.9 Å². The zero-order valence-electron chi connectivity index (χ0n) is 10.7. The van der Waals surface area contributed by atoms with Crippen molar-refractivity contribution in [2.45, 2.75) is 0 Å². The van der Waals surface area contributed by atoms with Crippen LogP contribution in [0.25, 0.3) is 22.0 Å². The van der Waals surface area contributed by atoms with Crippen molar-refractivity contribution in [1.82, 2.24) is 10.2 Å². The number of methoxy groups -OCH3 is 1. The van der Waals surface area contributed by atoms with Gasteiger partial charge in [-0.3, -0.25) is 4.79 Å². The van der Waals surface area contributed by atoms with Gasteiger partial charge in [0.2, 0.25) is 0 Å². The first kappa shape index (κ1) is 12.3. The third-order valence-electron chi connectivity index (χ3n) is 3.12. The van der Waals surface area contributed by atoms with Gasteiger partial charge in [0.25, 0.3) is 5.56 Å². The molecule has 0 spiro atoms. The molecule has 3 aromatic rings. The molecule has 1 aromatic heterocycles. The molecule has 100 valence electrons. The highest BCUT2D eigenvalue weighted by molar-refractivity contribution is 5.93. The van der Waals surface area contributed by atoms with Gasteiger partial charge in [-0.05, 0) is 24.3 Å². The summed E-state index contributed by atoms with van der Waals surface area (Å²) in [6.45, 7) is 0. The summed E-state index contributed by atoms with van der Waals surface area (Å²) in [6.07, 6.45) is 0. The lowest BCUT2D eigenvalue weighted by Gasteiger charge is -2.07. The van der Waals surface area contributed by atoms with Crippen molar-refractivity contribution in [2.75, 3.05) is 7.11 Å². The first-order valence-corrected chi connectivity index (χ1v) is 6.02. The number of nitrogens with zero attached hydrogens (tertiary/aromatic N) is 1. The van der Waals surface area contributed by atoms with Gasteiger partial charge >= 0.3 is 0 Å². The molecule has 0 aliphatic heterocycles. The number of nitrogens with one attached hydrogen (secondary N) is 1. The highest BCUT2D eigenvalue weighted by Gasteiger charge is 2.11. The molecular formula is C15H11FN2O2. The second kappa shape index (κ2) is 4.77. The molecule has 0 aliphatic rings. The van der Waals surface area contributed by atoms with Crippen molar-refractivity contribution in [3.05, 3.63) is 58.6 Å². The Bertz CT molecular complexity index is 843. The Morgan fingerprint density at radius 2 is 1.90 bits per heavy atom. The molecule has 0 fully saturated rings. The summed E-state index contributed by atoms with van der Waals surface area (Å²) in [5.74, 6) is -0.301. The average molecular weight is 270 g/mol. The zero-order chi connectivity index (χ0) is 14.1. The van der Waals surface area contributed by atoms with Crippen LogP contribution < -0.4 is 10.3 Å². The van der Waals surface area contributed by atoms with Crippen molar-refractivity contribution in [1.29, 1.82) is 0 Å². The number of aromatic nitrogens is 2. The predicted molar refractivity (Wildman–Crippen MR) is 74.3 cm³/mol. The van der Waals surface area contributed by atoms with Gasteiger partial charge in [-0.15, -0.1) is 0 Å². The van der Waals surface area contributed by atoms with Crippen LogP contribution in [0.15, 0.2) is 47.3 Å². The van der Waals surface area contributed by atoms with E-state index in [1.165, 1.54) is 19.2 Å². The molecule has 0 amide bonds. The van der Waals surface area contributed by atoms with Crippen LogP contribution in [0.5, 0.6) is 5.75 Å². The summed E-state index contributed by atoms with van der Waals surface area (Å²) in [5.41, 5.74) is 0.843. The second-order valence-electron chi connectivity index (χ2n) is 4.30.